The van der Waals surface area contributed by atoms with Gasteiger partial charge in [-0.05, 0) is 77.9 Å². The van der Waals surface area contributed by atoms with Gasteiger partial charge in [-0.3, -0.25) is 4.79 Å². The van der Waals surface area contributed by atoms with Crippen LogP contribution in [0.2, 0.25) is 0 Å². The third kappa shape index (κ3) is 6.28. The number of nitrogens with one attached hydrogen (secondary N) is 1. The van der Waals surface area contributed by atoms with Crippen LogP contribution in [0.3, 0.4) is 0 Å². The topological polar surface area (TPSA) is 66.5 Å². The number of sulfonamides is 1. The van der Waals surface area contributed by atoms with E-state index in [1.54, 1.807) is 40.7 Å². The van der Waals surface area contributed by atoms with Crippen molar-refractivity contribution >= 4 is 44.2 Å². The van der Waals surface area contributed by atoms with E-state index in [0.717, 1.165) is 29.3 Å². The van der Waals surface area contributed by atoms with Gasteiger partial charge in [-0.1, -0.05) is 32.8 Å². The number of halogens is 1. The zero-order chi connectivity index (χ0) is 20.6. The lowest BCUT2D eigenvalue weighted by molar-refractivity contribution is 0.102. The predicted octanol–water partition coefficient (Wildman–Crippen LogP) is 5.13. The molecular formula is C21H27IN2O3S. The molecule has 0 saturated heterocycles. The largest absolute Gasteiger partial charge is 0.322 e. The first-order valence-electron chi connectivity index (χ1n) is 9.55. The molecule has 0 bridgehead atoms. The number of nitrogens with zero attached hydrogens (tertiary/aromatic N) is 1. The van der Waals surface area contributed by atoms with Crippen molar-refractivity contribution in [1.29, 1.82) is 0 Å². The molecule has 0 aromatic heterocycles. The Bertz CT molecular complexity index is 875. The molecule has 152 valence electrons. The van der Waals surface area contributed by atoms with E-state index in [1.807, 2.05) is 12.1 Å². The first-order chi connectivity index (χ1) is 13.4. The van der Waals surface area contributed by atoms with Gasteiger partial charge < -0.3 is 5.32 Å². The fraction of sp³-hybridized carbons (Fsp3) is 0.381. The van der Waals surface area contributed by atoms with Crippen molar-refractivity contribution in [2.45, 2.75) is 44.4 Å². The molecule has 0 fully saturated rings. The van der Waals surface area contributed by atoms with Gasteiger partial charge in [0, 0.05) is 27.9 Å². The quantitative estimate of drug-likeness (QED) is 0.447. The normalized spacial score (nSPS) is 11.6. The monoisotopic (exact) mass is 514 g/mol. The predicted molar refractivity (Wildman–Crippen MR) is 122 cm³/mol. The number of benzene rings is 2. The van der Waals surface area contributed by atoms with E-state index >= 15 is 0 Å². The van der Waals surface area contributed by atoms with Gasteiger partial charge in [0.05, 0.1) is 4.90 Å². The van der Waals surface area contributed by atoms with Crippen LogP contribution in [0.15, 0.2) is 53.4 Å². The summed E-state index contributed by atoms with van der Waals surface area (Å²) in [5.41, 5.74) is 1.13. The maximum Gasteiger partial charge on any atom is 0.255 e. The Kier molecular flexibility index (Phi) is 8.91. The minimum atomic E-state index is -3.53. The molecule has 0 radical (unpaired) electrons. The average Bonchev–Trinajstić information content (AvgIpc) is 2.68. The summed E-state index contributed by atoms with van der Waals surface area (Å²) in [6.07, 6.45) is 3.57. The van der Waals surface area contributed by atoms with E-state index < -0.39 is 10.0 Å². The molecule has 0 atom stereocenters. The molecule has 0 saturated carbocycles. The lowest BCUT2D eigenvalue weighted by Gasteiger charge is -2.22. The number of rotatable bonds is 10. The van der Waals surface area contributed by atoms with E-state index in [9.17, 15) is 13.2 Å². The molecule has 1 amide bonds. The molecule has 0 aliphatic heterocycles. The van der Waals surface area contributed by atoms with Crippen LogP contribution in [-0.2, 0) is 10.0 Å². The van der Waals surface area contributed by atoms with Gasteiger partial charge in [-0.2, -0.15) is 4.31 Å². The standard InChI is InChI=1S/C21H27IN2O3S/c1-3-5-14-24(15-6-4-2)28(26,27)20-12-10-19(11-13-20)23-21(25)17-8-7-9-18(22)16-17/h7-13,16H,3-6,14-15H2,1-2H3,(H,23,25). The molecular weight excluding hydrogens is 487 g/mol. The van der Waals surface area contributed by atoms with Gasteiger partial charge in [0.25, 0.3) is 5.91 Å². The zero-order valence-corrected chi connectivity index (χ0v) is 19.3. The highest BCUT2D eigenvalue weighted by Crippen LogP contribution is 2.20. The van der Waals surface area contributed by atoms with Crippen LogP contribution in [0.4, 0.5) is 5.69 Å². The molecule has 5 nitrogen and oxygen atoms in total. The number of anilines is 1. The fourth-order valence-electron chi connectivity index (χ4n) is 2.71. The van der Waals surface area contributed by atoms with Crippen LogP contribution in [0, 0.1) is 3.57 Å². The van der Waals surface area contributed by atoms with Crippen molar-refractivity contribution in [3.63, 3.8) is 0 Å². The van der Waals surface area contributed by atoms with Crippen LogP contribution in [0.1, 0.15) is 49.9 Å². The second-order valence-electron chi connectivity index (χ2n) is 6.60. The first-order valence-corrected chi connectivity index (χ1v) is 12.1. The Morgan fingerprint density at radius 3 is 2.14 bits per heavy atom. The summed E-state index contributed by atoms with van der Waals surface area (Å²) in [5, 5.41) is 2.81. The van der Waals surface area contributed by atoms with Gasteiger partial charge in [0.1, 0.15) is 0 Å². The molecule has 2 aromatic rings. The van der Waals surface area contributed by atoms with E-state index in [-0.39, 0.29) is 10.8 Å². The van der Waals surface area contributed by atoms with Gasteiger partial charge in [0.2, 0.25) is 10.0 Å². The summed E-state index contributed by atoms with van der Waals surface area (Å²) in [7, 11) is -3.53. The molecule has 0 aliphatic carbocycles. The van der Waals surface area contributed by atoms with Crippen LogP contribution in [-0.4, -0.2) is 31.7 Å². The van der Waals surface area contributed by atoms with Crippen molar-refractivity contribution in [3.05, 3.63) is 57.7 Å². The van der Waals surface area contributed by atoms with Crippen molar-refractivity contribution in [2.75, 3.05) is 18.4 Å². The minimum Gasteiger partial charge on any atom is -0.322 e. The summed E-state index contributed by atoms with van der Waals surface area (Å²) in [5.74, 6) is -0.221. The highest BCUT2D eigenvalue weighted by atomic mass is 127. The van der Waals surface area contributed by atoms with E-state index in [4.69, 9.17) is 0 Å². The van der Waals surface area contributed by atoms with Crippen molar-refractivity contribution in [3.8, 4) is 0 Å². The number of unbranched alkanes of at least 4 members (excludes halogenated alkanes) is 2. The fourth-order valence-corrected chi connectivity index (χ4v) is 4.77. The molecule has 2 aromatic carbocycles. The lowest BCUT2D eigenvalue weighted by atomic mass is 10.2. The first kappa shape index (κ1) is 22.8. The number of hydrogen-bond acceptors (Lipinski definition) is 3. The highest BCUT2D eigenvalue weighted by Gasteiger charge is 2.23. The summed E-state index contributed by atoms with van der Waals surface area (Å²) in [4.78, 5) is 12.6. The smallest absolute Gasteiger partial charge is 0.255 e. The highest BCUT2D eigenvalue weighted by molar-refractivity contribution is 14.1. The molecule has 0 heterocycles. The molecule has 2 rings (SSSR count). The average molecular weight is 514 g/mol. The zero-order valence-electron chi connectivity index (χ0n) is 16.3. The summed E-state index contributed by atoms with van der Waals surface area (Å²) in [6, 6.07) is 13.7. The third-order valence-corrected chi connectivity index (χ3v) is 6.94. The Morgan fingerprint density at radius 2 is 1.61 bits per heavy atom. The molecule has 0 spiro atoms. The molecule has 28 heavy (non-hydrogen) atoms. The maximum atomic E-state index is 13.0. The molecule has 7 heteroatoms. The summed E-state index contributed by atoms with van der Waals surface area (Å²) < 4.78 is 28.5. The second-order valence-corrected chi connectivity index (χ2v) is 9.78. The van der Waals surface area contributed by atoms with E-state index in [2.05, 4.69) is 41.8 Å². The number of carbonyl (C=O) groups excluding carboxylic acids is 1. The Morgan fingerprint density at radius 1 is 1.00 bits per heavy atom. The van der Waals surface area contributed by atoms with E-state index in [1.165, 1.54) is 0 Å². The maximum absolute atomic E-state index is 13.0. The molecule has 0 aliphatic rings. The Balaban J connectivity index is 2.13. The van der Waals surface area contributed by atoms with Gasteiger partial charge >= 0.3 is 0 Å². The van der Waals surface area contributed by atoms with Crippen molar-refractivity contribution in [2.24, 2.45) is 0 Å². The van der Waals surface area contributed by atoms with Gasteiger partial charge in [-0.25, -0.2) is 8.42 Å². The van der Waals surface area contributed by atoms with Gasteiger partial charge in [0.15, 0.2) is 0 Å². The Hall–Kier alpha value is -1.45. The summed E-state index contributed by atoms with van der Waals surface area (Å²) in [6.45, 7) is 5.17. The van der Waals surface area contributed by atoms with Crippen LogP contribution in [0.5, 0.6) is 0 Å². The van der Waals surface area contributed by atoms with E-state index in [0.29, 0.717) is 24.3 Å². The number of carbonyl (C=O) groups is 1. The SMILES string of the molecule is CCCCN(CCCC)S(=O)(=O)c1ccc(NC(=O)c2cccc(I)c2)cc1. The van der Waals surface area contributed by atoms with Crippen molar-refractivity contribution in [1.82, 2.24) is 4.31 Å². The number of hydrogen-bond donors (Lipinski definition) is 1. The van der Waals surface area contributed by atoms with Crippen molar-refractivity contribution < 1.29 is 13.2 Å². The molecule has 1 N–H and O–H groups in total. The Labute approximate surface area is 181 Å². The second kappa shape index (κ2) is 10.9. The third-order valence-electron chi connectivity index (χ3n) is 4.36. The minimum absolute atomic E-state index is 0.221. The van der Waals surface area contributed by atoms with Crippen LogP contribution < -0.4 is 5.32 Å². The summed E-state index contributed by atoms with van der Waals surface area (Å²) >= 11 is 2.16. The lowest BCUT2D eigenvalue weighted by Crippen LogP contribution is -2.33. The number of amides is 1. The van der Waals surface area contributed by atoms with Crippen LogP contribution in [0.25, 0.3) is 0 Å². The van der Waals surface area contributed by atoms with Gasteiger partial charge in [-0.15, -0.1) is 0 Å². The van der Waals surface area contributed by atoms with Crippen LogP contribution >= 0.6 is 22.6 Å². The molecule has 0 unspecified atom stereocenters.